The molecule has 126 valence electrons. The molecule has 0 atom stereocenters. The Balaban J connectivity index is 1.77. The Morgan fingerprint density at radius 2 is 2.24 bits per heavy atom. The van der Waals surface area contributed by atoms with Crippen LogP contribution in [0.3, 0.4) is 0 Å². The van der Waals surface area contributed by atoms with Gasteiger partial charge in [-0.1, -0.05) is 11.6 Å². The number of nitriles is 1. The van der Waals surface area contributed by atoms with Crippen molar-refractivity contribution in [3.05, 3.63) is 56.2 Å². The highest BCUT2D eigenvalue weighted by Gasteiger charge is 2.12. The molecule has 0 fully saturated rings. The largest absolute Gasteiger partial charge is 0.482 e. The third-order valence-corrected chi connectivity index (χ3v) is 4.53. The second-order valence-electron chi connectivity index (χ2n) is 5.14. The van der Waals surface area contributed by atoms with E-state index in [2.05, 4.69) is 5.32 Å². The highest BCUT2D eigenvalue weighted by atomic mass is 35.5. The zero-order chi connectivity index (χ0) is 18.0. The van der Waals surface area contributed by atoms with Crippen LogP contribution in [-0.2, 0) is 4.79 Å². The summed E-state index contributed by atoms with van der Waals surface area (Å²) in [5.41, 5.74) is 0.978. The maximum atomic E-state index is 12.0. The van der Waals surface area contributed by atoms with Crippen LogP contribution in [0.5, 0.6) is 5.75 Å². The minimum Gasteiger partial charge on any atom is -0.482 e. The number of fused-ring (bicyclic) bond motifs is 1. The lowest BCUT2D eigenvalue weighted by Crippen LogP contribution is -2.20. The summed E-state index contributed by atoms with van der Waals surface area (Å²) >= 11 is 7.42. The average Bonchev–Trinajstić information content (AvgIpc) is 3.00. The van der Waals surface area contributed by atoms with Gasteiger partial charge in [0.05, 0.1) is 10.6 Å². The van der Waals surface area contributed by atoms with Crippen molar-refractivity contribution in [1.82, 2.24) is 0 Å². The molecule has 0 bridgehead atoms. The van der Waals surface area contributed by atoms with E-state index in [0.717, 1.165) is 5.56 Å². The predicted molar refractivity (Wildman–Crippen MR) is 95.4 cm³/mol. The van der Waals surface area contributed by atoms with E-state index in [-0.39, 0.29) is 12.4 Å². The number of hydrogen-bond donors (Lipinski definition) is 1. The molecular weight excluding hydrogens is 364 g/mol. The third kappa shape index (κ3) is 3.65. The van der Waals surface area contributed by atoms with Gasteiger partial charge in [-0.2, -0.15) is 5.26 Å². The molecule has 0 aliphatic carbocycles. The first-order chi connectivity index (χ1) is 12.0. The van der Waals surface area contributed by atoms with Crippen molar-refractivity contribution in [3.63, 3.8) is 0 Å². The van der Waals surface area contributed by atoms with Gasteiger partial charge in [0.25, 0.3) is 5.91 Å². The lowest BCUT2D eigenvalue weighted by Gasteiger charge is -2.10. The number of rotatable bonds is 4. The molecule has 1 N–H and O–H groups in total. The highest BCUT2D eigenvalue weighted by Crippen LogP contribution is 2.31. The van der Waals surface area contributed by atoms with Crippen LogP contribution in [0.1, 0.15) is 11.1 Å². The molecule has 25 heavy (non-hydrogen) atoms. The number of carbonyl (C=O) groups is 1. The molecule has 6 nitrogen and oxygen atoms in total. The van der Waals surface area contributed by atoms with Crippen LogP contribution in [0.25, 0.3) is 11.0 Å². The number of carbonyl (C=O) groups excluding carboxylic acids is 1. The Morgan fingerprint density at radius 1 is 1.44 bits per heavy atom. The van der Waals surface area contributed by atoms with Crippen molar-refractivity contribution in [3.8, 4) is 11.8 Å². The molecule has 3 rings (SSSR count). The fraction of sp³-hybridized carbons (Fsp3) is 0.118. The fourth-order valence-electron chi connectivity index (χ4n) is 2.23. The van der Waals surface area contributed by atoms with E-state index in [4.69, 9.17) is 26.0 Å². The Morgan fingerprint density at radius 3 is 3.00 bits per heavy atom. The van der Waals surface area contributed by atoms with Crippen molar-refractivity contribution in [2.45, 2.75) is 6.92 Å². The van der Waals surface area contributed by atoms with Crippen molar-refractivity contribution >= 4 is 44.8 Å². The zero-order valence-electron chi connectivity index (χ0n) is 13.0. The molecule has 8 heteroatoms. The van der Waals surface area contributed by atoms with E-state index in [9.17, 15) is 9.59 Å². The number of ether oxygens (including phenoxy) is 1. The van der Waals surface area contributed by atoms with Crippen LogP contribution in [0.2, 0.25) is 5.02 Å². The molecule has 0 spiro atoms. The molecule has 0 unspecified atom stereocenters. The van der Waals surface area contributed by atoms with Crippen LogP contribution in [0.4, 0.5) is 5.00 Å². The number of hydrogen-bond acceptors (Lipinski definition) is 6. The number of nitrogens with one attached hydrogen (secondary N) is 1. The van der Waals surface area contributed by atoms with E-state index >= 15 is 0 Å². The predicted octanol–water partition coefficient (Wildman–Crippen LogP) is 3.71. The summed E-state index contributed by atoms with van der Waals surface area (Å²) in [7, 11) is 0. The summed E-state index contributed by atoms with van der Waals surface area (Å²) < 4.78 is 10.6. The van der Waals surface area contributed by atoms with Gasteiger partial charge in [0.2, 0.25) is 0 Å². The smallest absolute Gasteiger partial charge is 0.336 e. The minimum absolute atomic E-state index is 0.227. The summed E-state index contributed by atoms with van der Waals surface area (Å²) in [6.07, 6.45) is 0. The van der Waals surface area contributed by atoms with Gasteiger partial charge in [-0.25, -0.2) is 4.79 Å². The Hall–Kier alpha value is -2.82. The van der Waals surface area contributed by atoms with Gasteiger partial charge in [0.15, 0.2) is 6.61 Å². The number of thiophene rings is 1. The molecule has 0 radical (unpaired) electrons. The average molecular weight is 375 g/mol. The summed E-state index contributed by atoms with van der Waals surface area (Å²) in [6.45, 7) is 1.47. The summed E-state index contributed by atoms with van der Waals surface area (Å²) in [6, 6.07) is 8.08. The van der Waals surface area contributed by atoms with E-state index in [0.29, 0.717) is 26.6 Å². The minimum atomic E-state index is -0.474. The lowest BCUT2D eigenvalue weighted by molar-refractivity contribution is -0.118. The highest BCUT2D eigenvalue weighted by molar-refractivity contribution is 7.14. The van der Waals surface area contributed by atoms with E-state index in [1.54, 1.807) is 24.4 Å². The normalized spacial score (nSPS) is 10.4. The van der Waals surface area contributed by atoms with Gasteiger partial charge in [0.1, 0.15) is 22.4 Å². The molecule has 0 aliphatic heterocycles. The monoisotopic (exact) mass is 374 g/mol. The number of aryl methyl sites for hydroxylation is 1. The molecule has 0 aliphatic rings. The van der Waals surface area contributed by atoms with E-state index in [1.165, 1.54) is 23.5 Å². The van der Waals surface area contributed by atoms with Gasteiger partial charge in [-0.15, -0.1) is 11.3 Å². The van der Waals surface area contributed by atoms with E-state index < -0.39 is 11.5 Å². The lowest BCUT2D eigenvalue weighted by atomic mass is 10.1. The number of amides is 1. The quantitative estimate of drug-likeness (QED) is 0.703. The topological polar surface area (TPSA) is 92.3 Å². The summed E-state index contributed by atoms with van der Waals surface area (Å²) in [5, 5.41) is 14.7. The van der Waals surface area contributed by atoms with Crippen LogP contribution in [0.15, 0.2) is 38.9 Å². The molecule has 1 aromatic carbocycles. The molecule has 0 saturated carbocycles. The van der Waals surface area contributed by atoms with Crippen LogP contribution in [0, 0.1) is 18.3 Å². The Labute approximate surface area is 151 Å². The maximum absolute atomic E-state index is 12.0. The second-order valence-corrected chi connectivity index (χ2v) is 6.46. The first kappa shape index (κ1) is 17.0. The number of anilines is 1. The van der Waals surface area contributed by atoms with Crippen molar-refractivity contribution in [1.29, 1.82) is 5.26 Å². The zero-order valence-corrected chi connectivity index (χ0v) is 14.5. The summed E-state index contributed by atoms with van der Waals surface area (Å²) in [5.74, 6) is -0.203. The van der Waals surface area contributed by atoms with E-state index in [1.807, 2.05) is 6.07 Å². The molecule has 3 aromatic rings. The van der Waals surface area contributed by atoms with Crippen molar-refractivity contribution in [2.24, 2.45) is 0 Å². The summed E-state index contributed by atoms with van der Waals surface area (Å²) in [4.78, 5) is 23.5. The fourth-order valence-corrected chi connectivity index (χ4v) is 3.20. The first-order valence-electron chi connectivity index (χ1n) is 7.12. The van der Waals surface area contributed by atoms with Crippen molar-refractivity contribution in [2.75, 3.05) is 11.9 Å². The van der Waals surface area contributed by atoms with Gasteiger partial charge in [0, 0.05) is 17.5 Å². The number of benzene rings is 1. The SMILES string of the molecule is Cc1cc(=O)oc2cc(OCC(=O)Nc3sccc3C#N)c(Cl)cc12. The maximum Gasteiger partial charge on any atom is 0.336 e. The first-order valence-corrected chi connectivity index (χ1v) is 8.38. The number of nitrogens with zero attached hydrogens (tertiary/aromatic N) is 1. The Kier molecular flexibility index (Phi) is 4.74. The van der Waals surface area contributed by atoms with Gasteiger partial charge in [-0.05, 0) is 30.0 Å². The van der Waals surface area contributed by atoms with Gasteiger partial charge in [-0.3, -0.25) is 4.79 Å². The van der Waals surface area contributed by atoms with Crippen LogP contribution in [-0.4, -0.2) is 12.5 Å². The molecule has 1 amide bonds. The number of halogens is 1. The van der Waals surface area contributed by atoms with Gasteiger partial charge < -0.3 is 14.5 Å². The van der Waals surface area contributed by atoms with Crippen LogP contribution < -0.4 is 15.7 Å². The standard InChI is InChI=1S/C17H11ClN2O4S/c1-9-4-16(22)24-13-6-14(12(18)5-11(9)13)23-8-15(21)20-17-10(7-19)2-3-25-17/h2-6H,8H2,1H3,(H,20,21). The molecular formula is C17H11ClN2O4S. The third-order valence-electron chi connectivity index (χ3n) is 3.40. The Bertz CT molecular complexity index is 1060. The second kappa shape index (κ2) is 6.97. The molecule has 2 aromatic heterocycles. The van der Waals surface area contributed by atoms with Gasteiger partial charge >= 0.3 is 5.63 Å². The molecule has 0 saturated heterocycles. The molecule has 2 heterocycles. The van der Waals surface area contributed by atoms with Crippen LogP contribution >= 0.6 is 22.9 Å². The van der Waals surface area contributed by atoms with Crippen molar-refractivity contribution < 1.29 is 13.9 Å².